The first-order valence-electron chi connectivity index (χ1n) is 6.29. The van der Waals surface area contributed by atoms with Gasteiger partial charge < -0.3 is 5.32 Å². The summed E-state index contributed by atoms with van der Waals surface area (Å²) in [5.41, 5.74) is 0.0478. The molecular weight excluding hydrogens is 349 g/mol. The molecule has 0 radical (unpaired) electrons. The van der Waals surface area contributed by atoms with Gasteiger partial charge in [-0.1, -0.05) is 34.1 Å². The van der Waals surface area contributed by atoms with Gasteiger partial charge in [-0.15, -0.1) is 5.10 Å². The van der Waals surface area contributed by atoms with Crippen molar-refractivity contribution in [3.63, 3.8) is 0 Å². The molecule has 0 aliphatic rings. The molecule has 4 nitrogen and oxygen atoms in total. The van der Waals surface area contributed by atoms with Crippen molar-refractivity contribution >= 4 is 15.9 Å². The van der Waals surface area contributed by atoms with Crippen molar-refractivity contribution in [2.24, 2.45) is 7.05 Å². The summed E-state index contributed by atoms with van der Waals surface area (Å²) in [5.74, 6) is 0. The van der Waals surface area contributed by atoms with Crippen LogP contribution in [-0.4, -0.2) is 21.5 Å². The molecule has 0 amide bonds. The van der Waals surface area contributed by atoms with Gasteiger partial charge in [-0.3, -0.25) is 4.68 Å². The maximum Gasteiger partial charge on any atom is 0.416 e. The third-order valence-electron chi connectivity index (χ3n) is 3.09. The fraction of sp³-hybridized carbons (Fsp3) is 0.385. The van der Waals surface area contributed by atoms with E-state index in [0.717, 1.165) is 6.07 Å². The smallest absolute Gasteiger partial charge is 0.305 e. The minimum Gasteiger partial charge on any atom is -0.305 e. The van der Waals surface area contributed by atoms with E-state index in [4.69, 9.17) is 0 Å². The highest BCUT2D eigenvalue weighted by Crippen LogP contribution is 2.37. The molecule has 2 rings (SSSR count). The summed E-state index contributed by atoms with van der Waals surface area (Å²) in [4.78, 5) is 0. The fourth-order valence-corrected chi connectivity index (χ4v) is 2.52. The van der Waals surface area contributed by atoms with E-state index in [9.17, 15) is 13.2 Å². The third kappa shape index (κ3) is 3.44. The molecule has 1 aromatic heterocycles. The van der Waals surface area contributed by atoms with Crippen LogP contribution in [0.15, 0.2) is 28.9 Å². The van der Waals surface area contributed by atoms with Crippen LogP contribution in [0.1, 0.15) is 29.8 Å². The number of hydrogen-bond donors (Lipinski definition) is 1. The number of nitrogens with one attached hydrogen (secondary N) is 1. The Morgan fingerprint density at radius 1 is 1.38 bits per heavy atom. The minimum atomic E-state index is -4.43. The summed E-state index contributed by atoms with van der Waals surface area (Å²) >= 11 is 3.09. The summed E-state index contributed by atoms with van der Waals surface area (Å²) in [6.45, 7) is 2.35. The Hall–Kier alpha value is -1.41. The standard InChI is InChI=1S/C13H14BrF3N4/c1-3-18-12(11-7-19-20-21(11)2)9-5-4-8(14)6-10(9)13(15,16)17/h4-7,12,18H,3H2,1-2H3. The zero-order chi connectivity index (χ0) is 15.6. The van der Waals surface area contributed by atoms with E-state index in [0.29, 0.717) is 16.7 Å². The third-order valence-corrected chi connectivity index (χ3v) is 3.58. The quantitative estimate of drug-likeness (QED) is 0.907. The fourth-order valence-electron chi connectivity index (χ4n) is 2.16. The Bertz CT molecular complexity index is 624. The first kappa shape index (κ1) is 16.0. The molecule has 1 unspecified atom stereocenters. The topological polar surface area (TPSA) is 42.7 Å². The van der Waals surface area contributed by atoms with Gasteiger partial charge in [0.15, 0.2) is 0 Å². The molecular formula is C13H14BrF3N4. The second-order valence-corrected chi connectivity index (χ2v) is 5.42. The first-order valence-corrected chi connectivity index (χ1v) is 7.08. The highest BCUT2D eigenvalue weighted by Gasteiger charge is 2.36. The maximum absolute atomic E-state index is 13.3. The number of benzene rings is 1. The molecule has 0 saturated heterocycles. The lowest BCUT2D eigenvalue weighted by Gasteiger charge is -2.22. The molecule has 21 heavy (non-hydrogen) atoms. The van der Waals surface area contributed by atoms with Gasteiger partial charge in [-0.05, 0) is 24.2 Å². The summed E-state index contributed by atoms with van der Waals surface area (Å²) in [7, 11) is 1.65. The molecule has 1 N–H and O–H groups in total. The molecule has 0 saturated carbocycles. The summed E-state index contributed by atoms with van der Waals surface area (Å²) in [6.07, 6.45) is -2.96. The van der Waals surface area contributed by atoms with E-state index in [1.54, 1.807) is 13.1 Å². The van der Waals surface area contributed by atoms with Crippen molar-refractivity contribution in [2.75, 3.05) is 6.54 Å². The Morgan fingerprint density at radius 2 is 2.10 bits per heavy atom. The number of aryl methyl sites for hydroxylation is 1. The van der Waals surface area contributed by atoms with Gasteiger partial charge in [0, 0.05) is 11.5 Å². The molecule has 0 aliphatic heterocycles. The SMILES string of the molecule is CCNC(c1ccc(Br)cc1C(F)(F)F)c1cnnn1C. The van der Waals surface area contributed by atoms with E-state index >= 15 is 0 Å². The van der Waals surface area contributed by atoms with Crippen LogP contribution in [0.3, 0.4) is 0 Å². The summed E-state index contributed by atoms with van der Waals surface area (Å²) in [6, 6.07) is 3.52. The zero-order valence-electron chi connectivity index (χ0n) is 11.4. The Labute approximate surface area is 128 Å². The van der Waals surface area contributed by atoms with Gasteiger partial charge >= 0.3 is 6.18 Å². The highest BCUT2D eigenvalue weighted by molar-refractivity contribution is 9.10. The van der Waals surface area contributed by atoms with Gasteiger partial charge in [0.1, 0.15) is 0 Å². The normalized spacial score (nSPS) is 13.4. The number of halogens is 4. The number of nitrogens with zero attached hydrogens (tertiary/aromatic N) is 3. The van der Waals surface area contributed by atoms with Gasteiger partial charge in [0.05, 0.1) is 23.5 Å². The Morgan fingerprint density at radius 3 is 2.62 bits per heavy atom. The minimum absolute atomic E-state index is 0.151. The van der Waals surface area contributed by atoms with Gasteiger partial charge in [0.2, 0.25) is 0 Å². The van der Waals surface area contributed by atoms with E-state index in [2.05, 4.69) is 31.6 Å². The van der Waals surface area contributed by atoms with Crippen molar-refractivity contribution in [3.8, 4) is 0 Å². The molecule has 0 spiro atoms. The lowest BCUT2D eigenvalue weighted by molar-refractivity contribution is -0.138. The van der Waals surface area contributed by atoms with Crippen LogP contribution in [0.5, 0.6) is 0 Å². The van der Waals surface area contributed by atoms with E-state index < -0.39 is 17.8 Å². The molecule has 1 heterocycles. The van der Waals surface area contributed by atoms with Crippen molar-refractivity contribution in [2.45, 2.75) is 19.1 Å². The molecule has 0 bridgehead atoms. The molecule has 8 heteroatoms. The zero-order valence-corrected chi connectivity index (χ0v) is 13.0. The Balaban J connectivity index is 2.58. The predicted octanol–water partition coefficient (Wildman–Crippen LogP) is 3.30. The highest BCUT2D eigenvalue weighted by atomic mass is 79.9. The average molecular weight is 363 g/mol. The molecule has 0 aliphatic carbocycles. The summed E-state index contributed by atoms with van der Waals surface area (Å²) < 4.78 is 41.7. The van der Waals surface area contributed by atoms with Crippen LogP contribution < -0.4 is 5.32 Å². The number of alkyl halides is 3. The van der Waals surface area contributed by atoms with E-state index in [1.165, 1.54) is 16.9 Å². The second-order valence-electron chi connectivity index (χ2n) is 4.50. The number of aromatic nitrogens is 3. The molecule has 2 aromatic rings. The molecule has 114 valence electrons. The lowest BCUT2D eigenvalue weighted by Crippen LogP contribution is -2.26. The van der Waals surface area contributed by atoms with Gasteiger partial charge in [0.25, 0.3) is 0 Å². The molecule has 1 atom stereocenters. The average Bonchev–Trinajstić information content (AvgIpc) is 2.81. The van der Waals surface area contributed by atoms with Crippen LogP contribution in [0.25, 0.3) is 0 Å². The largest absolute Gasteiger partial charge is 0.416 e. The van der Waals surface area contributed by atoms with Gasteiger partial charge in [-0.2, -0.15) is 13.2 Å². The summed E-state index contributed by atoms with van der Waals surface area (Å²) in [5, 5.41) is 10.6. The van der Waals surface area contributed by atoms with E-state index in [-0.39, 0.29) is 5.56 Å². The molecule has 0 fully saturated rings. The first-order chi connectivity index (χ1) is 9.84. The van der Waals surface area contributed by atoms with Crippen molar-refractivity contribution in [1.29, 1.82) is 0 Å². The Kier molecular flexibility index (Phi) is 4.67. The molecule has 1 aromatic carbocycles. The van der Waals surface area contributed by atoms with Crippen LogP contribution >= 0.6 is 15.9 Å². The van der Waals surface area contributed by atoms with E-state index in [1.807, 2.05) is 6.92 Å². The monoisotopic (exact) mass is 362 g/mol. The maximum atomic E-state index is 13.3. The number of hydrogen-bond acceptors (Lipinski definition) is 3. The van der Waals surface area contributed by atoms with Crippen LogP contribution in [0.4, 0.5) is 13.2 Å². The predicted molar refractivity (Wildman–Crippen MR) is 75.7 cm³/mol. The van der Waals surface area contributed by atoms with Crippen LogP contribution in [-0.2, 0) is 13.2 Å². The van der Waals surface area contributed by atoms with Crippen molar-refractivity contribution in [1.82, 2.24) is 20.3 Å². The van der Waals surface area contributed by atoms with Gasteiger partial charge in [-0.25, -0.2) is 0 Å². The lowest BCUT2D eigenvalue weighted by atomic mass is 9.97. The number of rotatable bonds is 4. The van der Waals surface area contributed by atoms with Crippen LogP contribution in [0.2, 0.25) is 0 Å². The van der Waals surface area contributed by atoms with Crippen molar-refractivity contribution < 1.29 is 13.2 Å². The van der Waals surface area contributed by atoms with Crippen molar-refractivity contribution in [3.05, 3.63) is 45.7 Å². The second kappa shape index (κ2) is 6.15. The van der Waals surface area contributed by atoms with Crippen LogP contribution in [0, 0.1) is 0 Å².